The summed E-state index contributed by atoms with van der Waals surface area (Å²) in [6, 6.07) is 3.92. The van der Waals surface area contributed by atoms with E-state index in [0.29, 0.717) is 5.02 Å². The molecule has 0 amide bonds. The third kappa shape index (κ3) is 2.33. The number of methoxy groups -OCH3 is 1. The predicted octanol–water partition coefficient (Wildman–Crippen LogP) is 3.08. The highest BCUT2D eigenvalue weighted by atomic mass is 35.5. The number of hydrogen-bond acceptors (Lipinski definition) is 2. The van der Waals surface area contributed by atoms with Gasteiger partial charge in [0.05, 0.1) is 12.1 Å². The summed E-state index contributed by atoms with van der Waals surface area (Å²) < 4.78 is 5.37. The van der Waals surface area contributed by atoms with Gasteiger partial charge in [-0.15, -0.1) is 0 Å². The van der Waals surface area contributed by atoms with Gasteiger partial charge < -0.3 is 10.5 Å². The van der Waals surface area contributed by atoms with Crippen molar-refractivity contribution in [3.8, 4) is 5.75 Å². The van der Waals surface area contributed by atoms with Crippen LogP contribution in [0.2, 0.25) is 5.02 Å². The van der Waals surface area contributed by atoms with Crippen molar-refractivity contribution in [2.24, 2.45) is 5.73 Å². The van der Waals surface area contributed by atoms with E-state index in [4.69, 9.17) is 22.1 Å². The van der Waals surface area contributed by atoms with Crippen molar-refractivity contribution in [1.82, 2.24) is 0 Å². The fourth-order valence-corrected chi connectivity index (χ4v) is 2.27. The van der Waals surface area contributed by atoms with E-state index in [1.807, 2.05) is 12.1 Å². The summed E-state index contributed by atoms with van der Waals surface area (Å²) in [5.74, 6) is 0.811. The van der Waals surface area contributed by atoms with Gasteiger partial charge in [0.2, 0.25) is 0 Å². The van der Waals surface area contributed by atoms with Crippen LogP contribution in [0, 0.1) is 6.92 Å². The maximum Gasteiger partial charge on any atom is 0.140 e. The topological polar surface area (TPSA) is 35.2 Å². The summed E-state index contributed by atoms with van der Waals surface area (Å²) in [6.45, 7) is 2.09. The van der Waals surface area contributed by atoms with Crippen molar-refractivity contribution in [1.29, 1.82) is 0 Å². The zero-order valence-electron chi connectivity index (χ0n) is 9.85. The number of hydrogen-bond donors (Lipinski definition) is 1. The first kappa shape index (κ1) is 11.7. The predicted molar refractivity (Wildman–Crippen MR) is 67.2 cm³/mol. The van der Waals surface area contributed by atoms with E-state index in [9.17, 15) is 0 Å². The van der Waals surface area contributed by atoms with E-state index in [2.05, 4.69) is 6.92 Å². The van der Waals surface area contributed by atoms with Crippen LogP contribution in [0.5, 0.6) is 5.75 Å². The lowest BCUT2D eigenvalue weighted by Gasteiger charge is -2.15. The number of nitrogens with two attached hydrogens (primary N) is 1. The monoisotopic (exact) mass is 239 g/mol. The molecule has 3 heteroatoms. The lowest BCUT2D eigenvalue weighted by molar-refractivity contribution is 0.407. The van der Waals surface area contributed by atoms with Gasteiger partial charge in [-0.05, 0) is 49.8 Å². The normalized spacial score (nSPS) is 17.2. The molecule has 0 unspecified atom stereocenters. The molecule has 0 spiro atoms. The largest absolute Gasteiger partial charge is 0.495 e. The van der Waals surface area contributed by atoms with Gasteiger partial charge in [0.1, 0.15) is 5.75 Å². The molecule has 1 saturated carbocycles. The van der Waals surface area contributed by atoms with Gasteiger partial charge in [0.15, 0.2) is 0 Å². The van der Waals surface area contributed by atoms with Crippen LogP contribution in [0.15, 0.2) is 12.1 Å². The highest BCUT2D eigenvalue weighted by Gasteiger charge is 2.37. The van der Waals surface area contributed by atoms with Crippen molar-refractivity contribution in [2.75, 3.05) is 7.11 Å². The van der Waals surface area contributed by atoms with Gasteiger partial charge in [-0.2, -0.15) is 0 Å². The third-order valence-electron chi connectivity index (χ3n) is 3.42. The summed E-state index contributed by atoms with van der Waals surface area (Å²) in [7, 11) is 1.67. The number of rotatable bonds is 4. The zero-order valence-corrected chi connectivity index (χ0v) is 10.6. The fourth-order valence-electron chi connectivity index (χ4n) is 2.01. The Morgan fingerprint density at radius 1 is 1.44 bits per heavy atom. The van der Waals surface area contributed by atoms with Crippen LogP contribution in [0.1, 0.15) is 30.4 Å². The fraction of sp³-hybridized carbons (Fsp3) is 0.538. The molecule has 0 bridgehead atoms. The second-order valence-corrected chi connectivity index (χ2v) is 5.15. The van der Waals surface area contributed by atoms with E-state index in [0.717, 1.165) is 31.4 Å². The van der Waals surface area contributed by atoms with Crippen molar-refractivity contribution in [3.05, 3.63) is 28.3 Å². The first-order chi connectivity index (χ1) is 7.56. The molecule has 1 fully saturated rings. The van der Waals surface area contributed by atoms with E-state index in [-0.39, 0.29) is 5.54 Å². The molecular weight excluding hydrogens is 222 g/mol. The Bertz CT molecular complexity index is 399. The molecule has 0 saturated heterocycles. The average molecular weight is 240 g/mol. The van der Waals surface area contributed by atoms with Crippen LogP contribution in [0.25, 0.3) is 0 Å². The maximum atomic E-state index is 6.11. The lowest BCUT2D eigenvalue weighted by atomic mass is 9.99. The molecule has 1 aromatic carbocycles. The van der Waals surface area contributed by atoms with Gasteiger partial charge in [-0.3, -0.25) is 0 Å². The molecule has 0 aliphatic heterocycles. The number of aryl methyl sites for hydroxylation is 1. The van der Waals surface area contributed by atoms with Gasteiger partial charge in [-0.25, -0.2) is 0 Å². The summed E-state index contributed by atoms with van der Waals surface area (Å²) in [5, 5.41) is 0.685. The summed E-state index contributed by atoms with van der Waals surface area (Å²) >= 11 is 6.11. The molecule has 1 aliphatic carbocycles. The molecule has 2 rings (SSSR count). The minimum absolute atomic E-state index is 0.0831. The van der Waals surface area contributed by atoms with E-state index >= 15 is 0 Å². The molecule has 1 aromatic rings. The minimum atomic E-state index is 0.0831. The Labute approximate surface area is 102 Å². The van der Waals surface area contributed by atoms with Crippen LogP contribution in [0.4, 0.5) is 0 Å². The third-order valence-corrected chi connectivity index (χ3v) is 3.71. The SMILES string of the molecule is COc1c(Cl)ccc(C)c1CCC1(N)CC1. The quantitative estimate of drug-likeness (QED) is 0.877. The van der Waals surface area contributed by atoms with Crippen molar-refractivity contribution in [3.63, 3.8) is 0 Å². The molecular formula is C13H18ClNO. The Morgan fingerprint density at radius 2 is 2.12 bits per heavy atom. The minimum Gasteiger partial charge on any atom is -0.495 e. The van der Waals surface area contributed by atoms with Crippen molar-refractivity contribution < 1.29 is 4.74 Å². The second-order valence-electron chi connectivity index (χ2n) is 4.74. The molecule has 2 nitrogen and oxygen atoms in total. The van der Waals surface area contributed by atoms with Gasteiger partial charge in [0, 0.05) is 5.54 Å². The standard InChI is InChI=1S/C13H18ClNO/c1-9-3-4-11(14)12(16-2)10(9)5-6-13(15)7-8-13/h3-4H,5-8,15H2,1-2H3. The first-order valence-corrected chi connectivity index (χ1v) is 6.04. The summed E-state index contributed by atoms with van der Waals surface area (Å²) in [4.78, 5) is 0. The van der Waals surface area contributed by atoms with Gasteiger partial charge in [0.25, 0.3) is 0 Å². The average Bonchev–Trinajstić information content (AvgIpc) is 2.98. The van der Waals surface area contributed by atoms with E-state index in [1.54, 1.807) is 7.11 Å². The number of ether oxygens (including phenoxy) is 1. The van der Waals surface area contributed by atoms with Crippen molar-refractivity contribution in [2.45, 2.75) is 38.1 Å². The maximum absolute atomic E-state index is 6.11. The molecule has 0 atom stereocenters. The molecule has 0 heterocycles. The summed E-state index contributed by atoms with van der Waals surface area (Å²) in [6.07, 6.45) is 4.26. The summed E-state index contributed by atoms with van der Waals surface area (Å²) in [5.41, 5.74) is 8.61. The smallest absolute Gasteiger partial charge is 0.140 e. The lowest BCUT2D eigenvalue weighted by Crippen LogP contribution is -2.22. The number of benzene rings is 1. The van der Waals surface area contributed by atoms with Crippen LogP contribution in [-0.4, -0.2) is 12.6 Å². The molecule has 2 N–H and O–H groups in total. The molecule has 88 valence electrons. The highest BCUT2D eigenvalue weighted by Crippen LogP contribution is 2.39. The molecule has 0 aromatic heterocycles. The molecule has 1 aliphatic rings. The first-order valence-electron chi connectivity index (χ1n) is 5.66. The Hall–Kier alpha value is -0.730. The Balaban J connectivity index is 2.20. The van der Waals surface area contributed by atoms with Crippen LogP contribution in [0.3, 0.4) is 0 Å². The Morgan fingerprint density at radius 3 is 2.69 bits per heavy atom. The molecule has 0 radical (unpaired) electrons. The van der Waals surface area contributed by atoms with Gasteiger partial charge in [-0.1, -0.05) is 17.7 Å². The van der Waals surface area contributed by atoms with E-state index in [1.165, 1.54) is 11.1 Å². The highest BCUT2D eigenvalue weighted by molar-refractivity contribution is 6.32. The second kappa shape index (κ2) is 4.27. The zero-order chi connectivity index (χ0) is 11.8. The van der Waals surface area contributed by atoms with Gasteiger partial charge >= 0.3 is 0 Å². The van der Waals surface area contributed by atoms with Crippen LogP contribution >= 0.6 is 11.6 Å². The number of halogens is 1. The van der Waals surface area contributed by atoms with Crippen molar-refractivity contribution >= 4 is 11.6 Å². The van der Waals surface area contributed by atoms with Crippen LogP contribution < -0.4 is 10.5 Å². The molecule has 16 heavy (non-hydrogen) atoms. The van der Waals surface area contributed by atoms with Crippen LogP contribution in [-0.2, 0) is 6.42 Å². The Kier molecular flexibility index (Phi) is 3.13. The van der Waals surface area contributed by atoms with E-state index < -0.39 is 0 Å².